The van der Waals surface area contributed by atoms with Crippen LogP contribution in [-0.4, -0.2) is 12.5 Å². The van der Waals surface area contributed by atoms with Crippen LogP contribution in [0.3, 0.4) is 0 Å². The normalized spacial score (nSPS) is 10.3. The van der Waals surface area contributed by atoms with Gasteiger partial charge in [0.2, 0.25) is 0 Å². The van der Waals surface area contributed by atoms with E-state index in [0.717, 1.165) is 11.1 Å². The van der Waals surface area contributed by atoms with E-state index in [9.17, 15) is 9.18 Å². The Morgan fingerprint density at radius 1 is 1.35 bits per heavy atom. The Labute approximate surface area is 121 Å². The lowest BCUT2D eigenvalue weighted by Gasteiger charge is -2.12. The molecular formula is C15H17FN2OS. The quantitative estimate of drug-likeness (QED) is 0.884. The average molecular weight is 292 g/mol. The first kappa shape index (κ1) is 14.5. The summed E-state index contributed by atoms with van der Waals surface area (Å²) in [6.07, 6.45) is 0. The number of hydrogen-bond acceptors (Lipinski definition) is 3. The number of nitrogens with one attached hydrogen (secondary N) is 2. The fraction of sp³-hybridized carbons (Fsp3) is 0.267. The summed E-state index contributed by atoms with van der Waals surface area (Å²) in [5.41, 5.74) is 2.83. The van der Waals surface area contributed by atoms with Crippen LogP contribution in [0.5, 0.6) is 0 Å². The van der Waals surface area contributed by atoms with E-state index >= 15 is 0 Å². The van der Waals surface area contributed by atoms with Crippen molar-refractivity contribution in [3.8, 4) is 0 Å². The first-order valence-electron chi connectivity index (χ1n) is 6.45. The van der Waals surface area contributed by atoms with Gasteiger partial charge in [-0.05, 0) is 47.9 Å². The minimum atomic E-state index is -0.411. The molecule has 2 aromatic rings. The molecule has 1 aromatic carbocycles. The largest absolute Gasteiger partial charge is 0.382 e. The summed E-state index contributed by atoms with van der Waals surface area (Å²) in [6.45, 7) is 4.88. The van der Waals surface area contributed by atoms with Gasteiger partial charge >= 0.3 is 0 Å². The zero-order valence-corrected chi connectivity index (χ0v) is 12.3. The van der Waals surface area contributed by atoms with Crippen LogP contribution in [0.15, 0.2) is 29.0 Å². The number of thiophene rings is 1. The molecule has 0 unspecified atom stereocenters. The Bertz CT molecular complexity index is 610. The smallest absolute Gasteiger partial charge is 0.253 e. The topological polar surface area (TPSA) is 41.1 Å². The van der Waals surface area contributed by atoms with Gasteiger partial charge in [0.05, 0.1) is 11.3 Å². The number of hydrogen-bond donors (Lipinski definition) is 2. The minimum absolute atomic E-state index is 0.259. The fourth-order valence-electron chi connectivity index (χ4n) is 1.91. The van der Waals surface area contributed by atoms with Gasteiger partial charge in [0.25, 0.3) is 5.91 Å². The van der Waals surface area contributed by atoms with Crippen molar-refractivity contribution in [2.75, 3.05) is 11.9 Å². The van der Waals surface area contributed by atoms with E-state index in [4.69, 9.17) is 0 Å². The molecule has 0 aliphatic heterocycles. The lowest BCUT2D eigenvalue weighted by atomic mass is 10.1. The van der Waals surface area contributed by atoms with Crippen LogP contribution in [0.4, 0.5) is 10.1 Å². The lowest BCUT2D eigenvalue weighted by molar-refractivity contribution is 0.0951. The molecule has 3 nitrogen and oxygen atoms in total. The maximum absolute atomic E-state index is 13.7. The Kier molecular flexibility index (Phi) is 4.74. The highest BCUT2D eigenvalue weighted by molar-refractivity contribution is 7.08. The molecule has 0 fully saturated rings. The number of halogens is 1. The maximum Gasteiger partial charge on any atom is 0.253 e. The highest BCUT2D eigenvalue weighted by Gasteiger charge is 2.14. The summed E-state index contributed by atoms with van der Waals surface area (Å²) >= 11 is 1.60. The summed E-state index contributed by atoms with van der Waals surface area (Å²) in [7, 11) is 0. The first-order valence-corrected chi connectivity index (χ1v) is 7.40. The van der Waals surface area contributed by atoms with E-state index in [1.54, 1.807) is 23.5 Å². The average Bonchev–Trinajstić information content (AvgIpc) is 2.84. The Morgan fingerprint density at radius 2 is 2.15 bits per heavy atom. The Morgan fingerprint density at radius 3 is 2.80 bits per heavy atom. The van der Waals surface area contributed by atoms with Crippen molar-refractivity contribution in [1.29, 1.82) is 0 Å². The molecule has 0 aliphatic rings. The molecule has 5 heteroatoms. The van der Waals surface area contributed by atoms with Gasteiger partial charge in [0.15, 0.2) is 0 Å². The number of anilines is 1. The van der Waals surface area contributed by atoms with E-state index in [-0.39, 0.29) is 11.6 Å². The number of amides is 1. The Hall–Kier alpha value is -1.88. The second-order valence-electron chi connectivity index (χ2n) is 4.46. The van der Waals surface area contributed by atoms with Crippen LogP contribution in [0.2, 0.25) is 0 Å². The molecule has 1 aromatic heterocycles. The van der Waals surface area contributed by atoms with Gasteiger partial charge < -0.3 is 10.6 Å². The Balaban J connectivity index is 2.13. The number of aryl methyl sites for hydroxylation is 1. The molecule has 0 atom stereocenters. The number of para-hydroxylation sites is 1. The fourth-order valence-corrected chi connectivity index (χ4v) is 2.77. The number of rotatable bonds is 5. The zero-order chi connectivity index (χ0) is 14.5. The monoisotopic (exact) mass is 292 g/mol. The van der Waals surface area contributed by atoms with Crippen molar-refractivity contribution >= 4 is 22.9 Å². The molecule has 1 heterocycles. The molecule has 2 rings (SSSR count). The summed E-state index contributed by atoms with van der Waals surface area (Å²) in [4.78, 5) is 12.2. The lowest BCUT2D eigenvalue weighted by Crippen LogP contribution is -2.24. The maximum atomic E-state index is 13.7. The van der Waals surface area contributed by atoms with Crippen LogP contribution >= 0.6 is 11.3 Å². The van der Waals surface area contributed by atoms with Crippen LogP contribution in [-0.2, 0) is 6.54 Å². The standard InChI is InChI=1S/C15H17FN2OS/c1-3-17-14-12(5-4-6-13(14)16)15(19)18-7-11-9-20-8-10(11)2/h4-6,8-9,17H,3,7H2,1-2H3,(H,18,19). The van der Waals surface area contributed by atoms with Gasteiger partial charge in [-0.3, -0.25) is 4.79 Å². The van der Waals surface area contributed by atoms with E-state index in [0.29, 0.717) is 18.7 Å². The predicted molar refractivity (Wildman–Crippen MR) is 80.8 cm³/mol. The van der Waals surface area contributed by atoms with E-state index in [1.807, 2.05) is 24.6 Å². The summed E-state index contributed by atoms with van der Waals surface area (Å²) in [5, 5.41) is 9.77. The molecule has 0 saturated heterocycles. The third-order valence-electron chi connectivity index (χ3n) is 3.01. The molecular weight excluding hydrogens is 275 g/mol. The predicted octanol–water partition coefficient (Wildman–Crippen LogP) is 3.56. The van der Waals surface area contributed by atoms with E-state index in [2.05, 4.69) is 10.6 Å². The summed E-state index contributed by atoms with van der Waals surface area (Å²) in [5.74, 6) is -0.683. The van der Waals surface area contributed by atoms with Crippen LogP contribution in [0, 0.1) is 12.7 Å². The minimum Gasteiger partial charge on any atom is -0.382 e. The highest BCUT2D eigenvalue weighted by Crippen LogP contribution is 2.20. The molecule has 0 aliphatic carbocycles. The van der Waals surface area contributed by atoms with E-state index < -0.39 is 5.82 Å². The molecule has 1 amide bonds. The van der Waals surface area contributed by atoms with Crippen molar-refractivity contribution in [2.24, 2.45) is 0 Å². The van der Waals surface area contributed by atoms with Crippen LogP contribution in [0.1, 0.15) is 28.4 Å². The van der Waals surface area contributed by atoms with E-state index in [1.165, 1.54) is 6.07 Å². The zero-order valence-electron chi connectivity index (χ0n) is 11.5. The number of carbonyl (C=O) groups excluding carboxylic acids is 1. The van der Waals surface area contributed by atoms with Crippen molar-refractivity contribution in [3.63, 3.8) is 0 Å². The number of carbonyl (C=O) groups is 1. The van der Waals surface area contributed by atoms with Crippen LogP contribution < -0.4 is 10.6 Å². The SMILES string of the molecule is CCNc1c(F)cccc1C(=O)NCc1cscc1C. The molecule has 0 bridgehead atoms. The first-order chi connectivity index (χ1) is 9.63. The van der Waals surface area contributed by atoms with Gasteiger partial charge in [0.1, 0.15) is 5.82 Å². The van der Waals surface area contributed by atoms with Gasteiger partial charge in [-0.1, -0.05) is 6.07 Å². The third kappa shape index (κ3) is 3.17. The van der Waals surface area contributed by atoms with Gasteiger partial charge in [-0.15, -0.1) is 0 Å². The summed E-state index contributed by atoms with van der Waals surface area (Å²) < 4.78 is 13.7. The third-order valence-corrected chi connectivity index (χ3v) is 3.92. The molecule has 0 radical (unpaired) electrons. The highest BCUT2D eigenvalue weighted by atomic mass is 32.1. The van der Waals surface area contributed by atoms with Crippen LogP contribution in [0.25, 0.3) is 0 Å². The van der Waals surface area contributed by atoms with Gasteiger partial charge in [0, 0.05) is 13.1 Å². The second kappa shape index (κ2) is 6.52. The van der Waals surface area contributed by atoms with Gasteiger partial charge in [-0.25, -0.2) is 4.39 Å². The van der Waals surface area contributed by atoms with Crippen molar-refractivity contribution in [1.82, 2.24) is 5.32 Å². The molecule has 0 saturated carbocycles. The van der Waals surface area contributed by atoms with Crippen molar-refractivity contribution in [2.45, 2.75) is 20.4 Å². The molecule has 2 N–H and O–H groups in total. The molecule has 106 valence electrons. The summed E-state index contributed by atoms with van der Waals surface area (Å²) in [6, 6.07) is 4.51. The van der Waals surface area contributed by atoms with Crippen molar-refractivity contribution < 1.29 is 9.18 Å². The molecule has 20 heavy (non-hydrogen) atoms. The van der Waals surface area contributed by atoms with Gasteiger partial charge in [-0.2, -0.15) is 11.3 Å². The van der Waals surface area contributed by atoms with Crippen molar-refractivity contribution in [3.05, 3.63) is 51.5 Å². The number of benzene rings is 1. The second-order valence-corrected chi connectivity index (χ2v) is 5.20. The molecule has 0 spiro atoms.